The van der Waals surface area contributed by atoms with Crippen molar-refractivity contribution in [3.63, 3.8) is 0 Å². The van der Waals surface area contributed by atoms with Crippen molar-refractivity contribution in [2.75, 3.05) is 21.3 Å². The van der Waals surface area contributed by atoms with Crippen LogP contribution in [-0.2, 0) is 0 Å². The van der Waals surface area contributed by atoms with Crippen LogP contribution in [0.15, 0.2) is 6.07 Å². The summed E-state index contributed by atoms with van der Waals surface area (Å²) < 4.78 is 14.7. The third kappa shape index (κ3) is 1.78. The third-order valence-corrected chi connectivity index (χ3v) is 1.32. The summed E-state index contributed by atoms with van der Waals surface area (Å²) >= 11 is 0. The zero-order chi connectivity index (χ0) is 8.97. The number of ether oxygens (including phenoxy) is 3. The maximum Gasteiger partial charge on any atom is 0.228 e. The summed E-state index contributed by atoms with van der Waals surface area (Å²) in [5.74, 6) is 1.34. The molecule has 65 valence electrons. The van der Waals surface area contributed by atoms with Gasteiger partial charge in [-0.15, -0.1) is 0 Å². The van der Waals surface area contributed by atoms with E-state index in [9.17, 15) is 0 Å². The van der Waals surface area contributed by atoms with Crippen LogP contribution in [-0.4, -0.2) is 26.3 Å². The molecule has 12 heavy (non-hydrogen) atoms. The molecule has 4 nitrogen and oxygen atoms in total. The molecule has 4 heteroatoms. The number of hydrogen-bond acceptors (Lipinski definition) is 4. The fourth-order valence-corrected chi connectivity index (χ4v) is 0.725. The molecule has 0 saturated heterocycles. The number of nitrogens with zero attached hydrogens (tertiary/aromatic N) is 1. The molecule has 0 saturated carbocycles. The summed E-state index contributed by atoms with van der Waals surface area (Å²) in [6.45, 7) is 0. The first-order valence-corrected chi connectivity index (χ1v) is 3.36. The Morgan fingerprint density at radius 3 is 2.42 bits per heavy atom. The summed E-state index contributed by atoms with van der Waals surface area (Å²) in [5.41, 5.74) is 0. The van der Waals surface area contributed by atoms with Crippen molar-refractivity contribution in [1.29, 1.82) is 0 Å². The number of rotatable bonds is 3. The lowest BCUT2D eigenvalue weighted by Crippen LogP contribution is -1.94. The van der Waals surface area contributed by atoms with Gasteiger partial charge >= 0.3 is 0 Å². The Labute approximate surface area is 71.1 Å². The lowest BCUT2D eigenvalue weighted by Gasteiger charge is -2.04. The van der Waals surface area contributed by atoms with E-state index in [-0.39, 0.29) is 0 Å². The first-order valence-electron chi connectivity index (χ1n) is 3.36. The van der Waals surface area contributed by atoms with Crippen LogP contribution >= 0.6 is 0 Å². The Balaban J connectivity index is 3.01. The molecule has 0 aliphatic carbocycles. The van der Waals surface area contributed by atoms with Gasteiger partial charge in [0.2, 0.25) is 11.8 Å². The van der Waals surface area contributed by atoms with E-state index in [1.54, 1.807) is 13.2 Å². The van der Waals surface area contributed by atoms with Crippen molar-refractivity contribution < 1.29 is 14.2 Å². The second-order valence-corrected chi connectivity index (χ2v) is 2.00. The fraction of sp³-hybridized carbons (Fsp3) is 0.375. The molecule has 1 radical (unpaired) electrons. The molecule has 0 aliphatic rings. The van der Waals surface area contributed by atoms with E-state index in [1.807, 2.05) is 0 Å². The quantitative estimate of drug-likeness (QED) is 0.672. The lowest BCUT2D eigenvalue weighted by atomic mass is 10.4. The second-order valence-electron chi connectivity index (χ2n) is 2.00. The normalized spacial score (nSPS) is 9.25. The maximum absolute atomic E-state index is 4.94. The van der Waals surface area contributed by atoms with Crippen molar-refractivity contribution >= 4 is 0 Å². The Bertz CT molecular complexity index is 207. The van der Waals surface area contributed by atoms with E-state index < -0.39 is 0 Å². The predicted molar refractivity (Wildman–Crippen MR) is 42.7 cm³/mol. The Hall–Kier alpha value is -1.45. The van der Waals surface area contributed by atoms with Crippen molar-refractivity contribution in [2.45, 2.75) is 0 Å². The van der Waals surface area contributed by atoms with Crippen LogP contribution in [0.1, 0.15) is 0 Å². The van der Waals surface area contributed by atoms with Crippen LogP contribution in [0.2, 0.25) is 0 Å². The first-order chi connectivity index (χ1) is 5.80. The topological polar surface area (TPSA) is 40.6 Å². The molecule has 0 amide bonds. The summed E-state index contributed by atoms with van der Waals surface area (Å²) in [6.07, 6.45) is 0. The van der Waals surface area contributed by atoms with Gasteiger partial charge in [0.1, 0.15) is 5.75 Å². The molecule has 1 aromatic heterocycles. The van der Waals surface area contributed by atoms with Crippen molar-refractivity contribution in [3.8, 4) is 17.5 Å². The van der Waals surface area contributed by atoms with E-state index in [4.69, 9.17) is 14.2 Å². The van der Waals surface area contributed by atoms with Gasteiger partial charge in [-0.3, -0.25) is 0 Å². The molecule has 1 rings (SSSR count). The van der Waals surface area contributed by atoms with Crippen molar-refractivity contribution in [3.05, 3.63) is 12.1 Å². The average Bonchev–Trinajstić information content (AvgIpc) is 2.16. The summed E-state index contributed by atoms with van der Waals surface area (Å²) in [4.78, 5) is 3.94. The standard InChI is InChI=1S/C8H10NO3/c1-10-6-4-7(11-2)9-8(5-6)12-3/h4H,1-3H3. The minimum absolute atomic E-state index is 0.353. The van der Waals surface area contributed by atoms with Crippen molar-refractivity contribution in [2.24, 2.45) is 0 Å². The molecule has 0 N–H and O–H groups in total. The molecule has 0 aliphatic heterocycles. The summed E-state index contributed by atoms with van der Waals surface area (Å²) in [6, 6.07) is 4.41. The molecule has 0 fully saturated rings. The number of aromatic nitrogens is 1. The minimum atomic E-state index is 0.353. The van der Waals surface area contributed by atoms with Crippen LogP contribution in [0.5, 0.6) is 17.5 Å². The van der Waals surface area contributed by atoms with Crippen LogP contribution in [0.25, 0.3) is 0 Å². The highest BCUT2D eigenvalue weighted by molar-refractivity contribution is 5.31. The van der Waals surface area contributed by atoms with Gasteiger partial charge in [0.15, 0.2) is 0 Å². The summed E-state index contributed by atoms with van der Waals surface area (Å²) in [7, 11) is 4.59. The number of hydrogen-bond donors (Lipinski definition) is 0. The van der Waals surface area contributed by atoms with E-state index in [1.165, 1.54) is 14.2 Å². The molecule has 0 atom stereocenters. The summed E-state index contributed by atoms with van der Waals surface area (Å²) in [5, 5.41) is 0. The van der Waals surface area contributed by atoms with Gasteiger partial charge in [0, 0.05) is 6.07 Å². The van der Waals surface area contributed by atoms with Gasteiger partial charge in [-0.25, -0.2) is 0 Å². The molecule has 0 aromatic carbocycles. The molecule has 1 aromatic rings. The van der Waals surface area contributed by atoms with Crippen LogP contribution in [0.4, 0.5) is 0 Å². The van der Waals surface area contributed by atoms with Crippen LogP contribution in [0.3, 0.4) is 0 Å². The Kier molecular flexibility index (Phi) is 2.74. The Morgan fingerprint density at radius 2 is 1.92 bits per heavy atom. The molecular weight excluding hydrogens is 158 g/mol. The van der Waals surface area contributed by atoms with Crippen LogP contribution in [0, 0.1) is 6.07 Å². The number of pyridine rings is 1. The highest BCUT2D eigenvalue weighted by atomic mass is 16.5. The highest BCUT2D eigenvalue weighted by Gasteiger charge is 2.02. The average molecular weight is 168 g/mol. The minimum Gasteiger partial charge on any atom is -0.496 e. The van der Waals surface area contributed by atoms with Gasteiger partial charge in [-0.1, -0.05) is 0 Å². The zero-order valence-corrected chi connectivity index (χ0v) is 7.25. The second kappa shape index (κ2) is 3.80. The largest absolute Gasteiger partial charge is 0.496 e. The van der Waals surface area contributed by atoms with E-state index in [0.29, 0.717) is 17.5 Å². The monoisotopic (exact) mass is 168 g/mol. The van der Waals surface area contributed by atoms with Crippen LogP contribution < -0.4 is 14.2 Å². The van der Waals surface area contributed by atoms with E-state index in [2.05, 4.69) is 11.1 Å². The molecular formula is C8H10NO3. The zero-order valence-electron chi connectivity index (χ0n) is 7.25. The van der Waals surface area contributed by atoms with Gasteiger partial charge in [0.05, 0.1) is 27.4 Å². The smallest absolute Gasteiger partial charge is 0.228 e. The Morgan fingerprint density at radius 1 is 1.17 bits per heavy atom. The van der Waals surface area contributed by atoms with E-state index in [0.717, 1.165) is 0 Å². The maximum atomic E-state index is 4.94. The van der Waals surface area contributed by atoms with Gasteiger partial charge < -0.3 is 14.2 Å². The van der Waals surface area contributed by atoms with Crippen molar-refractivity contribution in [1.82, 2.24) is 4.98 Å². The van der Waals surface area contributed by atoms with Gasteiger partial charge in [-0.2, -0.15) is 4.98 Å². The predicted octanol–water partition coefficient (Wildman–Crippen LogP) is 0.908. The van der Waals surface area contributed by atoms with Gasteiger partial charge in [-0.05, 0) is 0 Å². The SMILES string of the molecule is COc1[c]c(OC)nc(OC)c1. The highest BCUT2D eigenvalue weighted by Crippen LogP contribution is 2.21. The fourth-order valence-electron chi connectivity index (χ4n) is 0.725. The van der Waals surface area contributed by atoms with E-state index >= 15 is 0 Å². The molecule has 0 unspecified atom stereocenters. The first kappa shape index (κ1) is 8.64. The lowest BCUT2D eigenvalue weighted by molar-refractivity contribution is 0.350. The van der Waals surface area contributed by atoms with Gasteiger partial charge in [0.25, 0.3) is 0 Å². The molecule has 0 spiro atoms. The number of methoxy groups -OCH3 is 3. The third-order valence-electron chi connectivity index (χ3n) is 1.32. The molecule has 1 heterocycles. The molecule has 0 bridgehead atoms.